The summed E-state index contributed by atoms with van der Waals surface area (Å²) in [6.45, 7) is 17.0. The van der Waals surface area contributed by atoms with Crippen LogP contribution in [0.1, 0.15) is 72.9 Å². The van der Waals surface area contributed by atoms with Crippen LogP contribution in [0.15, 0.2) is 30.5 Å². The summed E-state index contributed by atoms with van der Waals surface area (Å²) in [4.78, 5) is 0. The maximum Gasteiger partial charge on any atom is 0.0485 e. The second-order valence-electron chi connectivity index (χ2n) is 4.76. The van der Waals surface area contributed by atoms with Gasteiger partial charge in [-0.05, 0) is 31.4 Å². The topological polar surface area (TPSA) is 4.93 Å². The molecular weight excluding hydrogens is 230 g/mol. The van der Waals surface area contributed by atoms with Crippen LogP contribution < -0.4 is 0 Å². The zero-order valence-corrected chi connectivity index (χ0v) is 14.0. The van der Waals surface area contributed by atoms with Gasteiger partial charge in [-0.25, -0.2) is 0 Å². The second kappa shape index (κ2) is 8.79. The molecule has 0 N–H and O–H groups in total. The van der Waals surface area contributed by atoms with Gasteiger partial charge in [-0.3, -0.25) is 0 Å². The molecule has 0 fully saturated rings. The van der Waals surface area contributed by atoms with Crippen LogP contribution >= 0.6 is 0 Å². The molecule has 1 aromatic carbocycles. The van der Waals surface area contributed by atoms with E-state index >= 15 is 0 Å². The molecule has 1 aromatic heterocycles. The number of hydrogen-bond donors (Lipinski definition) is 0. The van der Waals surface area contributed by atoms with Gasteiger partial charge in [0.2, 0.25) is 0 Å². The zero-order chi connectivity index (χ0) is 15.0. The number of fused-ring (bicyclic) bond motifs is 1. The zero-order valence-electron chi connectivity index (χ0n) is 14.0. The highest BCUT2D eigenvalue weighted by molar-refractivity contribution is 5.84. The molecule has 0 amide bonds. The molecule has 1 heteroatoms. The first kappa shape index (κ1) is 17.8. The fourth-order valence-corrected chi connectivity index (χ4v) is 2.12. The van der Waals surface area contributed by atoms with Crippen LogP contribution in [-0.2, 0) is 0 Å². The monoisotopic (exact) mass is 261 g/mol. The highest BCUT2D eigenvalue weighted by atomic mass is 15.0. The SMILES string of the molecule is CC.CC.CC(C)c1cn(C(C)C)c2ccccc12. The van der Waals surface area contributed by atoms with Crippen molar-refractivity contribution in [2.45, 2.75) is 67.3 Å². The van der Waals surface area contributed by atoms with Gasteiger partial charge in [0, 0.05) is 23.1 Å². The molecule has 0 aliphatic rings. The van der Waals surface area contributed by atoms with Crippen molar-refractivity contribution in [1.82, 2.24) is 4.57 Å². The molecule has 0 saturated heterocycles. The highest BCUT2D eigenvalue weighted by Crippen LogP contribution is 2.29. The van der Waals surface area contributed by atoms with E-state index < -0.39 is 0 Å². The Bertz CT molecular complexity index is 421. The van der Waals surface area contributed by atoms with Gasteiger partial charge in [0.15, 0.2) is 0 Å². The van der Waals surface area contributed by atoms with E-state index in [1.165, 1.54) is 16.5 Å². The normalized spacial score (nSPS) is 10.0. The maximum absolute atomic E-state index is 2.37. The van der Waals surface area contributed by atoms with Crippen molar-refractivity contribution in [2.75, 3.05) is 0 Å². The van der Waals surface area contributed by atoms with Crippen LogP contribution in [0.2, 0.25) is 0 Å². The largest absolute Gasteiger partial charge is 0.345 e. The predicted molar refractivity (Wildman–Crippen MR) is 89.1 cm³/mol. The number of para-hydroxylation sites is 1. The molecule has 0 spiro atoms. The van der Waals surface area contributed by atoms with Crippen LogP contribution in [0.3, 0.4) is 0 Å². The summed E-state index contributed by atoms with van der Waals surface area (Å²) in [6.07, 6.45) is 2.31. The molecule has 1 nitrogen and oxygen atoms in total. The molecule has 0 aliphatic carbocycles. The van der Waals surface area contributed by atoms with Gasteiger partial charge in [0.25, 0.3) is 0 Å². The van der Waals surface area contributed by atoms with Crippen LogP contribution in [0.4, 0.5) is 0 Å². The summed E-state index contributed by atoms with van der Waals surface area (Å²) in [5.41, 5.74) is 2.82. The van der Waals surface area contributed by atoms with E-state index in [1.54, 1.807) is 0 Å². The number of hydrogen-bond acceptors (Lipinski definition) is 0. The van der Waals surface area contributed by atoms with Gasteiger partial charge >= 0.3 is 0 Å². The van der Waals surface area contributed by atoms with Crippen molar-refractivity contribution >= 4 is 10.9 Å². The molecule has 0 aliphatic heterocycles. The first-order chi connectivity index (χ1) is 9.11. The molecule has 2 aromatic rings. The summed E-state index contributed by atoms with van der Waals surface area (Å²) in [5.74, 6) is 0.592. The lowest BCUT2D eigenvalue weighted by Crippen LogP contribution is -1.97. The first-order valence-electron chi connectivity index (χ1n) is 7.70. The van der Waals surface area contributed by atoms with Gasteiger partial charge in [-0.1, -0.05) is 59.7 Å². The van der Waals surface area contributed by atoms with E-state index in [2.05, 4.69) is 62.7 Å². The minimum absolute atomic E-state index is 0.530. The van der Waals surface area contributed by atoms with Crippen LogP contribution in [-0.4, -0.2) is 4.57 Å². The molecule has 0 unspecified atom stereocenters. The predicted octanol–water partition coefficient (Wildman–Crippen LogP) is 6.40. The molecule has 0 atom stereocenters. The van der Waals surface area contributed by atoms with Crippen molar-refractivity contribution in [2.24, 2.45) is 0 Å². The molecule has 1 heterocycles. The van der Waals surface area contributed by atoms with Gasteiger partial charge in [-0.15, -0.1) is 0 Å². The summed E-state index contributed by atoms with van der Waals surface area (Å²) in [7, 11) is 0. The maximum atomic E-state index is 2.37. The van der Waals surface area contributed by atoms with Crippen molar-refractivity contribution in [3.05, 3.63) is 36.0 Å². The Hall–Kier alpha value is -1.24. The van der Waals surface area contributed by atoms with Gasteiger partial charge in [0.05, 0.1) is 0 Å². The Kier molecular flexibility index (Phi) is 8.22. The quantitative estimate of drug-likeness (QED) is 0.589. The molecule has 19 heavy (non-hydrogen) atoms. The lowest BCUT2D eigenvalue weighted by molar-refractivity contribution is 0.619. The fourth-order valence-electron chi connectivity index (χ4n) is 2.12. The summed E-state index contributed by atoms with van der Waals surface area (Å²) >= 11 is 0. The van der Waals surface area contributed by atoms with E-state index in [0.29, 0.717) is 12.0 Å². The molecular formula is C18H31N. The van der Waals surface area contributed by atoms with E-state index in [1.807, 2.05) is 27.7 Å². The Morgan fingerprint density at radius 1 is 0.842 bits per heavy atom. The second-order valence-corrected chi connectivity index (χ2v) is 4.76. The third-order valence-corrected chi connectivity index (χ3v) is 2.95. The van der Waals surface area contributed by atoms with Crippen molar-refractivity contribution in [3.63, 3.8) is 0 Å². The average molecular weight is 261 g/mol. The van der Waals surface area contributed by atoms with E-state index in [9.17, 15) is 0 Å². The lowest BCUT2D eigenvalue weighted by atomic mass is 10.0. The third-order valence-electron chi connectivity index (χ3n) is 2.95. The number of nitrogens with zero attached hydrogens (tertiary/aromatic N) is 1. The molecule has 2 rings (SSSR count). The fraction of sp³-hybridized carbons (Fsp3) is 0.556. The van der Waals surface area contributed by atoms with Crippen molar-refractivity contribution in [1.29, 1.82) is 0 Å². The van der Waals surface area contributed by atoms with Crippen molar-refractivity contribution in [3.8, 4) is 0 Å². The van der Waals surface area contributed by atoms with Gasteiger partial charge < -0.3 is 4.57 Å². The Morgan fingerprint density at radius 3 is 1.84 bits per heavy atom. The van der Waals surface area contributed by atoms with Gasteiger partial charge in [-0.2, -0.15) is 0 Å². The van der Waals surface area contributed by atoms with Gasteiger partial charge in [0.1, 0.15) is 0 Å². The smallest absolute Gasteiger partial charge is 0.0485 e. The van der Waals surface area contributed by atoms with Crippen molar-refractivity contribution < 1.29 is 0 Å². The van der Waals surface area contributed by atoms with E-state index in [4.69, 9.17) is 0 Å². The summed E-state index contributed by atoms with van der Waals surface area (Å²) in [5, 5.41) is 1.40. The Labute approximate surface area is 119 Å². The number of rotatable bonds is 2. The van der Waals surface area contributed by atoms with Crippen LogP contribution in [0, 0.1) is 0 Å². The highest BCUT2D eigenvalue weighted by Gasteiger charge is 2.11. The average Bonchev–Trinajstić information content (AvgIpc) is 2.83. The molecule has 108 valence electrons. The van der Waals surface area contributed by atoms with Crippen LogP contribution in [0.5, 0.6) is 0 Å². The first-order valence-corrected chi connectivity index (χ1v) is 7.70. The number of aromatic nitrogens is 1. The standard InChI is InChI=1S/C14H19N.2C2H6/c1-10(2)13-9-15(11(3)4)14-8-6-5-7-12(13)14;2*1-2/h5-11H,1-4H3;2*1-2H3. The minimum Gasteiger partial charge on any atom is -0.345 e. The molecule has 0 bridgehead atoms. The third kappa shape index (κ3) is 4.12. The Morgan fingerprint density at radius 2 is 1.37 bits per heavy atom. The number of benzene rings is 1. The lowest BCUT2D eigenvalue weighted by Gasteiger charge is -2.08. The molecule has 0 radical (unpaired) electrons. The minimum atomic E-state index is 0.530. The summed E-state index contributed by atoms with van der Waals surface area (Å²) in [6, 6.07) is 9.21. The molecule has 0 saturated carbocycles. The summed E-state index contributed by atoms with van der Waals surface area (Å²) < 4.78 is 2.37. The Balaban J connectivity index is 0.000000741. The van der Waals surface area contributed by atoms with E-state index in [0.717, 1.165) is 0 Å². The van der Waals surface area contributed by atoms with E-state index in [-0.39, 0.29) is 0 Å². The van der Waals surface area contributed by atoms with Crippen LogP contribution in [0.25, 0.3) is 10.9 Å².